The molecule has 0 unspecified atom stereocenters. The summed E-state index contributed by atoms with van der Waals surface area (Å²) < 4.78 is 22.9. The van der Waals surface area contributed by atoms with Crippen LogP contribution in [-0.2, 0) is 16.1 Å². The van der Waals surface area contributed by atoms with Crippen LogP contribution in [0.5, 0.6) is 11.8 Å². The van der Waals surface area contributed by atoms with Crippen LogP contribution in [0.25, 0.3) is 11.0 Å². The number of nitrogens with one attached hydrogen (secondary N) is 1. The van der Waals surface area contributed by atoms with Crippen LogP contribution in [0.3, 0.4) is 0 Å². The molecule has 0 spiro atoms. The molecule has 2 aromatic carbocycles. The number of benzene rings is 2. The number of H-pyrrole nitrogens is 1. The Hall–Kier alpha value is -2.32. The van der Waals surface area contributed by atoms with Crippen LogP contribution in [0.1, 0.15) is 5.56 Å². The van der Waals surface area contributed by atoms with Crippen molar-refractivity contribution in [1.29, 1.82) is 0 Å². The molecule has 2 saturated heterocycles. The lowest BCUT2D eigenvalue weighted by Crippen LogP contribution is -2.34. The van der Waals surface area contributed by atoms with Gasteiger partial charge in [0, 0.05) is 6.07 Å². The molecule has 3 aromatic rings. The normalized spacial score (nSPS) is 26.5. The number of ether oxygens (including phenoxy) is 4. The smallest absolute Gasteiger partial charge is 0.295 e. The minimum atomic E-state index is -0.614. The van der Waals surface area contributed by atoms with Gasteiger partial charge < -0.3 is 29.0 Å². The van der Waals surface area contributed by atoms with E-state index in [1.807, 2.05) is 30.3 Å². The Morgan fingerprint density at radius 1 is 1.14 bits per heavy atom. The molecule has 0 bridgehead atoms. The predicted octanol–water partition coefficient (Wildman–Crippen LogP) is 2.70. The number of aliphatic hydroxyl groups is 1. The highest BCUT2D eigenvalue weighted by Crippen LogP contribution is 2.33. The maximum atomic E-state index is 9.83. The SMILES string of the molecule is O[C@@H]1CO[C@H]2[C@@H]1OC[C@H]2Oc1nc2cc(OCc3ccccc3)c(Cl)cc2[nH]1. The van der Waals surface area contributed by atoms with E-state index in [0.29, 0.717) is 35.5 Å². The van der Waals surface area contributed by atoms with Gasteiger partial charge in [-0.2, -0.15) is 4.98 Å². The van der Waals surface area contributed by atoms with E-state index in [-0.39, 0.29) is 24.9 Å². The van der Waals surface area contributed by atoms with E-state index >= 15 is 0 Å². The first-order valence-electron chi connectivity index (χ1n) is 9.11. The molecule has 28 heavy (non-hydrogen) atoms. The van der Waals surface area contributed by atoms with Gasteiger partial charge in [-0.3, -0.25) is 0 Å². The van der Waals surface area contributed by atoms with Crippen molar-refractivity contribution in [2.75, 3.05) is 13.2 Å². The minimum Gasteiger partial charge on any atom is -0.487 e. The van der Waals surface area contributed by atoms with Crippen LogP contribution in [0.4, 0.5) is 0 Å². The van der Waals surface area contributed by atoms with Crippen LogP contribution in [0.15, 0.2) is 42.5 Å². The predicted molar refractivity (Wildman–Crippen MR) is 102 cm³/mol. The molecule has 3 heterocycles. The van der Waals surface area contributed by atoms with E-state index in [4.69, 9.17) is 30.5 Å². The van der Waals surface area contributed by atoms with Gasteiger partial charge in [-0.05, 0) is 11.6 Å². The standard InChI is InChI=1S/C20H19ClN2O5/c21-12-6-13-14(7-16(12)25-8-11-4-2-1-3-5-11)23-20(22-13)28-17-10-27-18-15(24)9-26-19(17)18/h1-7,15,17-19,24H,8-10H2,(H,22,23)/t15-,17-,18-,19-/m1/s1. The summed E-state index contributed by atoms with van der Waals surface area (Å²) in [6.45, 7) is 1.02. The van der Waals surface area contributed by atoms with Crippen molar-refractivity contribution < 1.29 is 24.1 Å². The Morgan fingerprint density at radius 2 is 1.96 bits per heavy atom. The lowest BCUT2D eigenvalue weighted by Gasteiger charge is -2.15. The summed E-state index contributed by atoms with van der Waals surface area (Å²) in [7, 11) is 0. The number of aromatic nitrogens is 2. The van der Waals surface area contributed by atoms with Crippen molar-refractivity contribution in [2.24, 2.45) is 0 Å². The van der Waals surface area contributed by atoms with E-state index in [9.17, 15) is 5.11 Å². The monoisotopic (exact) mass is 402 g/mol. The van der Waals surface area contributed by atoms with E-state index in [2.05, 4.69) is 9.97 Å². The van der Waals surface area contributed by atoms with Gasteiger partial charge in [0.15, 0.2) is 6.10 Å². The summed E-state index contributed by atoms with van der Waals surface area (Å²) in [6.07, 6.45) is -1.58. The number of imidazole rings is 1. The number of aromatic amines is 1. The topological polar surface area (TPSA) is 85.8 Å². The van der Waals surface area contributed by atoms with Gasteiger partial charge in [0.05, 0.1) is 29.3 Å². The fourth-order valence-electron chi connectivity index (χ4n) is 3.58. The second-order valence-electron chi connectivity index (χ2n) is 6.94. The van der Waals surface area contributed by atoms with Crippen molar-refractivity contribution in [2.45, 2.75) is 31.0 Å². The largest absolute Gasteiger partial charge is 0.487 e. The summed E-state index contributed by atoms with van der Waals surface area (Å²) in [6, 6.07) is 13.8. The average molecular weight is 403 g/mol. The van der Waals surface area contributed by atoms with Crippen LogP contribution in [-0.4, -0.2) is 52.7 Å². The van der Waals surface area contributed by atoms with E-state index in [0.717, 1.165) is 11.1 Å². The Kier molecular flexibility index (Phi) is 4.60. The highest BCUT2D eigenvalue weighted by atomic mass is 35.5. The Labute approximate surface area is 166 Å². The lowest BCUT2D eigenvalue weighted by atomic mass is 10.1. The number of halogens is 1. The van der Waals surface area contributed by atoms with Gasteiger partial charge in [-0.1, -0.05) is 41.9 Å². The second-order valence-corrected chi connectivity index (χ2v) is 7.34. The first kappa shape index (κ1) is 17.8. The van der Waals surface area contributed by atoms with E-state index < -0.39 is 6.10 Å². The zero-order chi connectivity index (χ0) is 19.1. The Balaban J connectivity index is 1.32. The first-order chi connectivity index (χ1) is 13.7. The van der Waals surface area contributed by atoms with Crippen molar-refractivity contribution in [1.82, 2.24) is 9.97 Å². The van der Waals surface area contributed by atoms with Gasteiger partial charge in [-0.25, -0.2) is 0 Å². The summed E-state index contributed by atoms with van der Waals surface area (Å²) in [5.74, 6) is 0.558. The minimum absolute atomic E-state index is 0.257. The third kappa shape index (κ3) is 3.31. The first-order valence-corrected chi connectivity index (χ1v) is 9.49. The number of aliphatic hydroxyl groups excluding tert-OH is 1. The third-order valence-corrected chi connectivity index (χ3v) is 5.29. The molecule has 0 saturated carbocycles. The molecule has 5 rings (SSSR count). The quantitative estimate of drug-likeness (QED) is 0.682. The highest BCUT2D eigenvalue weighted by Gasteiger charge is 2.48. The zero-order valence-corrected chi connectivity index (χ0v) is 15.6. The van der Waals surface area contributed by atoms with Crippen LogP contribution in [0, 0.1) is 0 Å². The average Bonchev–Trinajstić information content (AvgIpc) is 3.38. The van der Waals surface area contributed by atoms with Crippen molar-refractivity contribution >= 4 is 22.6 Å². The van der Waals surface area contributed by atoms with Crippen molar-refractivity contribution in [3.8, 4) is 11.8 Å². The number of rotatable bonds is 5. The fraction of sp³-hybridized carbons (Fsp3) is 0.350. The number of hydrogen-bond donors (Lipinski definition) is 2. The van der Waals surface area contributed by atoms with Crippen molar-refractivity contribution in [3.05, 3.63) is 53.1 Å². The van der Waals surface area contributed by atoms with Crippen LogP contribution >= 0.6 is 11.6 Å². The lowest BCUT2D eigenvalue weighted by molar-refractivity contribution is 0.00706. The molecular weight excluding hydrogens is 384 g/mol. The maximum Gasteiger partial charge on any atom is 0.295 e. The highest BCUT2D eigenvalue weighted by molar-refractivity contribution is 6.32. The molecule has 2 N–H and O–H groups in total. The number of fused-ring (bicyclic) bond motifs is 2. The van der Waals surface area contributed by atoms with Crippen LogP contribution in [0.2, 0.25) is 5.02 Å². The molecule has 8 heteroatoms. The summed E-state index contributed by atoms with van der Waals surface area (Å²) >= 11 is 6.36. The molecule has 4 atom stereocenters. The molecule has 0 aliphatic carbocycles. The van der Waals surface area contributed by atoms with Gasteiger partial charge >= 0.3 is 0 Å². The summed E-state index contributed by atoms with van der Waals surface area (Å²) in [5.41, 5.74) is 2.49. The molecule has 0 amide bonds. The van der Waals surface area contributed by atoms with E-state index in [1.54, 1.807) is 12.1 Å². The molecule has 2 fully saturated rings. The van der Waals surface area contributed by atoms with Gasteiger partial charge in [0.2, 0.25) is 0 Å². The fourth-order valence-corrected chi connectivity index (χ4v) is 3.80. The Morgan fingerprint density at radius 3 is 2.82 bits per heavy atom. The van der Waals surface area contributed by atoms with E-state index in [1.165, 1.54) is 0 Å². The van der Waals surface area contributed by atoms with Crippen molar-refractivity contribution in [3.63, 3.8) is 0 Å². The van der Waals surface area contributed by atoms with Crippen LogP contribution < -0.4 is 9.47 Å². The van der Waals surface area contributed by atoms with Gasteiger partial charge in [-0.15, -0.1) is 0 Å². The second kappa shape index (κ2) is 7.25. The third-order valence-electron chi connectivity index (χ3n) is 5.00. The molecular formula is C20H19ClN2O5. The van der Waals surface area contributed by atoms with Gasteiger partial charge in [0.1, 0.15) is 30.7 Å². The molecule has 0 radical (unpaired) electrons. The Bertz CT molecular complexity index is 979. The molecule has 146 valence electrons. The number of nitrogens with zero attached hydrogens (tertiary/aromatic N) is 1. The molecule has 2 aliphatic rings. The van der Waals surface area contributed by atoms with Gasteiger partial charge in [0.25, 0.3) is 6.01 Å². The number of hydrogen-bond acceptors (Lipinski definition) is 6. The molecule has 2 aliphatic heterocycles. The zero-order valence-electron chi connectivity index (χ0n) is 14.9. The maximum absolute atomic E-state index is 9.83. The molecule has 7 nitrogen and oxygen atoms in total. The summed E-state index contributed by atoms with van der Waals surface area (Å²) in [4.78, 5) is 7.58. The molecule has 1 aromatic heterocycles. The summed E-state index contributed by atoms with van der Waals surface area (Å²) in [5, 5.41) is 10.3.